The van der Waals surface area contributed by atoms with Crippen LogP contribution >= 0.6 is 0 Å². The highest BCUT2D eigenvalue weighted by Gasteiger charge is 2.69. The number of hydrogen-bond donors (Lipinski definition) is 0. The fourth-order valence-corrected chi connectivity index (χ4v) is 6.20. The Morgan fingerprint density at radius 2 is 1.71 bits per heavy atom. The summed E-state index contributed by atoms with van der Waals surface area (Å²) in [7, 11) is 0. The molecule has 8 atom stereocenters. The van der Waals surface area contributed by atoms with E-state index in [1.54, 1.807) is 0 Å². The molecule has 0 unspecified atom stereocenters. The van der Waals surface area contributed by atoms with E-state index >= 15 is 0 Å². The highest BCUT2D eigenvalue weighted by Crippen LogP contribution is 2.60. The molecule has 0 N–H and O–H groups in total. The van der Waals surface area contributed by atoms with Crippen LogP contribution < -0.4 is 0 Å². The van der Waals surface area contributed by atoms with Crippen LogP contribution in [0.1, 0.15) is 72.1 Å². The number of amides is 2. The first kappa shape index (κ1) is 23.7. The molecule has 6 rings (SSSR count). The van der Waals surface area contributed by atoms with Crippen molar-refractivity contribution in [1.82, 2.24) is 5.06 Å². The molecule has 6 aliphatic rings. The number of carbonyl (C=O) groups excluding carboxylic acids is 4. The second kappa shape index (κ2) is 8.54. The molecule has 11 heteroatoms. The molecule has 11 nitrogen and oxygen atoms in total. The summed E-state index contributed by atoms with van der Waals surface area (Å²) in [4.78, 5) is 64.3. The molecule has 0 aromatic carbocycles. The lowest BCUT2D eigenvalue weighted by Crippen LogP contribution is -2.70. The number of carbonyl (C=O) groups is 4. The zero-order chi connectivity index (χ0) is 24.3. The van der Waals surface area contributed by atoms with E-state index in [0.717, 1.165) is 19.3 Å². The number of hydroxylamine groups is 2. The SMILES string of the molecule is C[C@H]1[C@H](OC(=O)CCC(=O)ON2C(=O)CCC2=O)O[C@@H]2O[C@@]3(C)CC[C@H]4[C@H](C)CC[C@@H]1[C@@]24OO3. The van der Waals surface area contributed by atoms with Gasteiger partial charge < -0.3 is 19.0 Å². The van der Waals surface area contributed by atoms with Gasteiger partial charge in [-0.25, -0.2) is 14.6 Å². The molecule has 2 bridgehead atoms. The van der Waals surface area contributed by atoms with Crippen LogP contribution in [0.2, 0.25) is 0 Å². The summed E-state index contributed by atoms with van der Waals surface area (Å²) in [5, 5.41) is 0.459. The van der Waals surface area contributed by atoms with Gasteiger partial charge in [0, 0.05) is 31.1 Å². The minimum Gasteiger partial charge on any atom is -0.435 e. The number of rotatable bonds is 5. The van der Waals surface area contributed by atoms with Gasteiger partial charge in [-0.1, -0.05) is 13.8 Å². The van der Waals surface area contributed by atoms with Crippen molar-refractivity contribution >= 4 is 23.8 Å². The zero-order valence-corrected chi connectivity index (χ0v) is 19.7. The molecule has 0 radical (unpaired) electrons. The fraction of sp³-hybridized carbons (Fsp3) is 0.826. The average molecular weight is 481 g/mol. The van der Waals surface area contributed by atoms with Crippen LogP contribution in [0.3, 0.4) is 0 Å². The lowest BCUT2D eigenvalue weighted by atomic mass is 9.58. The first-order chi connectivity index (χ1) is 16.1. The Morgan fingerprint density at radius 3 is 2.44 bits per heavy atom. The first-order valence-corrected chi connectivity index (χ1v) is 12.1. The van der Waals surface area contributed by atoms with Gasteiger partial charge >= 0.3 is 11.9 Å². The fourth-order valence-electron chi connectivity index (χ4n) is 6.20. The number of esters is 1. The first-order valence-electron chi connectivity index (χ1n) is 12.1. The number of hydrogen-bond acceptors (Lipinski definition) is 10. The Kier molecular flexibility index (Phi) is 5.94. The molecule has 1 saturated carbocycles. The van der Waals surface area contributed by atoms with Crippen LogP contribution in [0, 0.1) is 23.7 Å². The molecule has 5 saturated heterocycles. The van der Waals surface area contributed by atoms with Gasteiger partial charge in [0.25, 0.3) is 11.8 Å². The quantitative estimate of drug-likeness (QED) is 0.327. The van der Waals surface area contributed by atoms with Crippen molar-refractivity contribution in [3.05, 3.63) is 0 Å². The lowest BCUT2D eigenvalue weighted by molar-refractivity contribution is -0.576. The second-order valence-electron chi connectivity index (χ2n) is 10.3. The topological polar surface area (TPSA) is 127 Å². The maximum atomic E-state index is 12.5. The monoisotopic (exact) mass is 481 g/mol. The molecule has 6 fully saturated rings. The van der Waals surface area contributed by atoms with Gasteiger partial charge in [0.15, 0.2) is 11.9 Å². The van der Waals surface area contributed by atoms with E-state index < -0.39 is 47.7 Å². The predicted octanol–water partition coefficient (Wildman–Crippen LogP) is 2.12. The van der Waals surface area contributed by atoms with Crippen molar-refractivity contribution in [2.45, 2.75) is 96.1 Å². The summed E-state index contributed by atoms with van der Waals surface area (Å²) in [6.45, 7) is 6.00. The molecule has 1 aliphatic carbocycles. The Balaban J connectivity index is 1.23. The summed E-state index contributed by atoms with van der Waals surface area (Å²) >= 11 is 0. The summed E-state index contributed by atoms with van der Waals surface area (Å²) in [6.07, 6.45) is 1.25. The normalized spacial score (nSPS) is 43.3. The van der Waals surface area contributed by atoms with Crippen molar-refractivity contribution in [1.29, 1.82) is 0 Å². The molecule has 1 spiro atoms. The third-order valence-electron chi connectivity index (χ3n) is 8.08. The van der Waals surface area contributed by atoms with Crippen LogP contribution in [0.4, 0.5) is 0 Å². The van der Waals surface area contributed by atoms with Gasteiger partial charge in [0.2, 0.25) is 12.1 Å². The lowest BCUT2D eigenvalue weighted by Gasteiger charge is -2.59. The van der Waals surface area contributed by atoms with Crippen molar-refractivity contribution < 1.29 is 48.0 Å². The summed E-state index contributed by atoms with van der Waals surface area (Å²) in [5.41, 5.74) is -0.755. The highest BCUT2D eigenvalue weighted by molar-refractivity contribution is 6.01. The van der Waals surface area contributed by atoms with Gasteiger partial charge in [-0.05, 0) is 38.0 Å². The van der Waals surface area contributed by atoms with E-state index in [2.05, 4.69) is 6.92 Å². The molecule has 5 heterocycles. The van der Waals surface area contributed by atoms with Crippen molar-refractivity contribution in [2.24, 2.45) is 23.7 Å². The number of fused-ring (bicyclic) bond motifs is 2. The Bertz CT molecular complexity index is 877. The maximum Gasteiger partial charge on any atom is 0.333 e. The van der Waals surface area contributed by atoms with Crippen LogP contribution in [-0.2, 0) is 48.0 Å². The van der Waals surface area contributed by atoms with Gasteiger partial charge in [0.05, 0.1) is 12.8 Å². The largest absolute Gasteiger partial charge is 0.435 e. The number of imide groups is 1. The summed E-state index contributed by atoms with van der Waals surface area (Å²) < 4.78 is 18.0. The standard InChI is InChI=1S/C23H31NO10/c1-12-4-5-15-13(2)20(30-21-23(15)14(12)10-11-22(3,31-21)33-34-23)29-18(27)8-9-19(28)32-24-16(25)6-7-17(24)26/h12-15,20-21H,4-11H2,1-3H3/t12-,13-,14+,15+,20-,21-,22-,23-/m1/s1. The third-order valence-corrected chi connectivity index (χ3v) is 8.08. The van der Waals surface area contributed by atoms with Crippen LogP contribution in [0.5, 0.6) is 0 Å². The predicted molar refractivity (Wildman–Crippen MR) is 109 cm³/mol. The molecule has 0 aromatic rings. The summed E-state index contributed by atoms with van der Waals surface area (Å²) in [6, 6.07) is 0. The molecule has 5 aliphatic heterocycles. The maximum absolute atomic E-state index is 12.5. The number of nitrogens with zero attached hydrogens (tertiary/aromatic N) is 1. The minimum absolute atomic E-state index is 0.00436. The van der Waals surface area contributed by atoms with Crippen LogP contribution in [0.15, 0.2) is 0 Å². The van der Waals surface area contributed by atoms with Crippen LogP contribution in [-0.4, -0.2) is 52.8 Å². The Morgan fingerprint density at radius 1 is 1.00 bits per heavy atom. The smallest absolute Gasteiger partial charge is 0.333 e. The van der Waals surface area contributed by atoms with Gasteiger partial charge in [-0.2, -0.15) is 0 Å². The number of ether oxygens (including phenoxy) is 3. The Labute approximate surface area is 197 Å². The Hall–Kier alpha value is -2.08. The van der Waals surface area contributed by atoms with Crippen molar-refractivity contribution in [2.75, 3.05) is 0 Å². The molecular weight excluding hydrogens is 450 g/mol. The van der Waals surface area contributed by atoms with E-state index in [0.29, 0.717) is 17.4 Å². The van der Waals surface area contributed by atoms with E-state index in [1.165, 1.54) is 0 Å². The minimum atomic E-state index is -0.930. The van der Waals surface area contributed by atoms with E-state index in [1.807, 2.05) is 13.8 Å². The van der Waals surface area contributed by atoms with Gasteiger partial charge in [-0.3, -0.25) is 14.4 Å². The summed E-state index contributed by atoms with van der Waals surface area (Å²) in [5.74, 6) is -3.14. The van der Waals surface area contributed by atoms with E-state index in [9.17, 15) is 19.2 Å². The van der Waals surface area contributed by atoms with Crippen LogP contribution in [0.25, 0.3) is 0 Å². The van der Waals surface area contributed by atoms with Crippen molar-refractivity contribution in [3.63, 3.8) is 0 Å². The van der Waals surface area contributed by atoms with E-state index in [-0.39, 0.29) is 43.4 Å². The molecule has 188 valence electrons. The molecule has 0 aromatic heterocycles. The van der Waals surface area contributed by atoms with Gasteiger partial charge in [-0.15, -0.1) is 5.06 Å². The average Bonchev–Trinajstić information content (AvgIpc) is 2.95. The second-order valence-corrected chi connectivity index (χ2v) is 10.3. The van der Waals surface area contributed by atoms with Crippen molar-refractivity contribution in [3.8, 4) is 0 Å². The zero-order valence-electron chi connectivity index (χ0n) is 19.7. The molecule has 2 amide bonds. The highest BCUT2D eigenvalue weighted by atomic mass is 17.3. The van der Waals surface area contributed by atoms with E-state index in [4.69, 9.17) is 28.8 Å². The van der Waals surface area contributed by atoms with Gasteiger partial charge in [0.1, 0.15) is 0 Å². The molecule has 34 heavy (non-hydrogen) atoms. The third kappa shape index (κ3) is 3.82. The molecular formula is C23H31NO10.